The lowest BCUT2D eigenvalue weighted by Gasteiger charge is -2.35. The third-order valence-corrected chi connectivity index (χ3v) is 7.99. The van der Waals surface area contributed by atoms with Crippen molar-refractivity contribution in [2.75, 3.05) is 31.1 Å². The molecule has 0 saturated carbocycles. The van der Waals surface area contributed by atoms with Crippen LogP contribution in [0, 0.1) is 5.82 Å². The molecule has 0 spiro atoms. The normalized spacial score (nSPS) is 15.9. The van der Waals surface area contributed by atoms with Crippen LogP contribution >= 0.6 is 11.3 Å². The van der Waals surface area contributed by atoms with Crippen LogP contribution in [0.25, 0.3) is 10.2 Å². The molecular weight excluding hydrogens is 413 g/mol. The maximum absolute atomic E-state index is 13.1. The van der Waals surface area contributed by atoms with Gasteiger partial charge in [0, 0.05) is 38.4 Å². The maximum atomic E-state index is 13.1. The topological polar surface area (TPSA) is 62.6 Å². The van der Waals surface area contributed by atoms with Crippen LogP contribution in [0.2, 0.25) is 0 Å². The number of sulfonamides is 1. The number of rotatable bonds is 5. The van der Waals surface area contributed by atoms with E-state index in [4.69, 9.17) is 0 Å². The van der Waals surface area contributed by atoms with Crippen molar-refractivity contribution in [2.24, 2.45) is 0 Å². The number of hydrogen-bond donors (Lipinski definition) is 0. The number of anilines is 1. The first-order valence-electron chi connectivity index (χ1n) is 9.54. The van der Waals surface area contributed by atoms with Crippen LogP contribution in [0.1, 0.15) is 13.3 Å². The molecule has 0 unspecified atom stereocenters. The zero-order chi connectivity index (χ0) is 20.6. The molecule has 0 bridgehead atoms. The predicted octanol–water partition coefficient (Wildman–Crippen LogP) is 3.12. The minimum Gasteiger partial charge on any atom is -0.369 e. The van der Waals surface area contributed by atoms with Gasteiger partial charge in [-0.3, -0.25) is 9.36 Å². The van der Waals surface area contributed by atoms with Crippen molar-refractivity contribution >= 4 is 37.3 Å². The van der Waals surface area contributed by atoms with Crippen molar-refractivity contribution in [2.45, 2.75) is 24.8 Å². The van der Waals surface area contributed by atoms with Gasteiger partial charge in [-0.2, -0.15) is 4.31 Å². The average molecular weight is 436 g/mol. The van der Waals surface area contributed by atoms with Crippen molar-refractivity contribution in [3.63, 3.8) is 0 Å². The highest BCUT2D eigenvalue weighted by molar-refractivity contribution is 7.89. The van der Waals surface area contributed by atoms with Gasteiger partial charge < -0.3 is 4.90 Å². The monoisotopic (exact) mass is 435 g/mol. The number of piperazine rings is 1. The lowest BCUT2D eigenvalue weighted by Crippen LogP contribution is -2.48. The molecule has 0 N–H and O–H groups in total. The van der Waals surface area contributed by atoms with Crippen molar-refractivity contribution in [3.8, 4) is 0 Å². The number of halogens is 1. The number of aryl methyl sites for hydroxylation is 1. The molecule has 1 aromatic heterocycles. The van der Waals surface area contributed by atoms with Gasteiger partial charge in [-0.05, 0) is 48.9 Å². The van der Waals surface area contributed by atoms with Gasteiger partial charge >= 0.3 is 4.87 Å². The molecule has 9 heteroatoms. The number of fused-ring (bicyclic) bond motifs is 1. The summed E-state index contributed by atoms with van der Waals surface area (Å²) < 4.78 is 43.2. The largest absolute Gasteiger partial charge is 0.369 e. The van der Waals surface area contributed by atoms with Crippen molar-refractivity contribution in [1.29, 1.82) is 0 Å². The Morgan fingerprint density at radius 3 is 2.38 bits per heavy atom. The molecule has 1 fully saturated rings. The standard InChI is InChI=1S/C20H22FN3O3S2/c1-2-9-24-18-8-7-17(14-19(18)28-20(24)25)29(26,27)23-12-10-22(11-13-23)16-5-3-15(21)4-6-16/h3-8,14H,2,9-13H2,1H3. The second-order valence-electron chi connectivity index (χ2n) is 7.02. The van der Waals surface area contributed by atoms with E-state index in [2.05, 4.69) is 0 Å². The number of benzene rings is 2. The van der Waals surface area contributed by atoms with E-state index >= 15 is 0 Å². The van der Waals surface area contributed by atoms with E-state index in [1.54, 1.807) is 34.9 Å². The summed E-state index contributed by atoms with van der Waals surface area (Å²) in [5.74, 6) is -0.291. The van der Waals surface area contributed by atoms with E-state index in [-0.39, 0.29) is 15.6 Å². The molecule has 3 aromatic rings. The van der Waals surface area contributed by atoms with Crippen molar-refractivity contribution in [1.82, 2.24) is 8.87 Å². The highest BCUT2D eigenvalue weighted by Gasteiger charge is 2.29. The lowest BCUT2D eigenvalue weighted by atomic mass is 10.2. The fraction of sp³-hybridized carbons (Fsp3) is 0.350. The molecule has 4 rings (SSSR count). The predicted molar refractivity (Wildman–Crippen MR) is 114 cm³/mol. The SMILES string of the molecule is CCCn1c(=O)sc2cc(S(=O)(=O)N3CCN(c4ccc(F)cc4)CC3)ccc21. The summed E-state index contributed by atoms with van der Waals surface area (Å²) in [4.78, 5) is 14.4. The van der Waals surface area contributed by atoms with Crippen LogP contribution in [0.5, 0.6) is 0 Å². The van der Waals surface area contributed by atoms with Gasteiger partial charge in [0.15, 0.2) is 0 Å². The molecule has 2 heterocycles. The van der Waals surface area contributed by atoms with E-state index in [9.17, 15) is 17.6 Å². The van der Waals surface area contributed by atoms with Gasteiger partial charge in [0.2, 0.25) is 10.0 Å². The van der Waals surface area contributed by atoms with Crippen LogP contribution in [-0.2, 0) is 16.6 Å². The van der Waals surface area contributed by atoms with Gasteiger partial charge in [-0.25, -0.2) is 12.8 Å². The Bertz CT molecular complexity index is 1180. The molecule has 1 aliphatic rings. The smallest absolute Gasteiger partial charge is 0.308 e. The van der Waals surface area contributed by atoms with Gasteiger partial charge in [0.1, 0.15) is 5.82 Å². The van der Waals surface area contributed by atoms with Gasteiger partial charge in [0.05, 0.1) is 15.1 Å². The molecule has 0 atom stereocenters. The summed E-state index contributed by atoms with van der Waals surface area (Å²) in [6, 6.07) is 11.1. The first-order valence-corrected chi connectivity index (χ1v) is 11.8. The molecular formula is C20H22FN3O3S2. The Morgan fingerprint density at radius 1 is 1.03 bits per heavy atom. The quantitative estimate of drug-likeness (QED) is 0.618. The zero-order valence-electron chi connectivity index (χ0n) is 16.0. The van der Waals surface area contributed by atoms with E-state index in [1.165, 1.54) is 16.4 Å². The summed E-state index contributed by atoms with van der Waals surface area (Å²) in [7, 11) is -3.64. The Labute approximate surface area is 172 Å². The molecule has 154 valence electrons. The first kappa shape index (κ1) is 20.1. The molecule has 0 amide bonds. The molecule has 29 heavy (non-hydrogen) atoms. The Hall–Kier alpha value is -2.23. The second kappa shape index (κ2) is 7.89. The summed E-state index contributed by atoms with van der Waals surface area (Å²) in [5.41, 5.74) is 1.66. The van der Waals surface area contributed by atoms with E-state index < -0.39 is 10.0 Å². The highest BCUT2D eigenvalue weighted by Crippen LogP contribution is 2.26. The van der Waals surface area contributed by atoms with E-state index in [0.717, 1.165) is 29.0 Å². The Kier molecular flexibility index (Phi) is 5.46. The fourth-order valence-electron chi connectivity index (χ4n) is 3.63. The van der Waals surface area contributed by atoms with Gasteiger partial charge in [0.25, 0.3) is 0 Å². The molecule has 0 aliphatic carbocycles. The zero-order valence-corrected chi connectivity index (χ0v) is 17.7. The van der Waals surface area contributed by atoms with Gasteiger partial charge in [-0.15, -0.1) is 0 Å². The van der Waals surface area contributed by atoms with Crippen LogP contribution < -0.4 is 9.77 Å². The molecule has 6 nitrogen and oxygen atoms in total. The minimum atomic E-state index is -3.64. The summed E-state index contributed by atoms with van der Waals surface area (Å²) in [5, 5.41) is 0. The summed E-state index contributed by atoms with van der Waals surface area (Å²) >= 11 is 1.08. The second-order valence-corrected chi connectivity index (χ2v) is 9.95. The number of hydrogen-bond acceptors (Lipinski definition) is 5. The summed E-state index contributed by atoms with van der Waals surface area (Å²) in [6.45, 7) is 4.40. The summed E-state index contributed by atoms with van der Waals surface area (Å²) in [6.07, 6.45) is 0.837. The van der Waals surface area contributed by atoms with E-state index in [0.29, 0.717) is 37.4 Å². The number of thiazole rings is 1. The van der Waals surface area contributed by atoms with Crippen molar-refractivity contribution in [3.05, 3.63) is 57.9 Å². The van der Waals surface area contributed by atoms with Gasteiger partial charge in [-0.1, -0.05) is 18.3 Å². The van der Waals surface area contributed by atoms with E-state index in [1.807, 2.05) is 11.8 Å². The number of aromatic nitrogens is 1. The fourth-order valence-corrected chi connectivity index (χ4v) is 6.11. The first-order chi connectivity index (χ1) is 13.9. The lowest BCUT2D eigenvalue weighted by molar-refractivity contribution is 0.385. The van der Waals surface area contributed by atoms with Crippen LogP contribution in [0.3, 0.4) is 0 Å². The molecule has 1 aliphatic heterocycles. The molecule has 0 radical (unpaired) electrons. The molecule has 2 aromatic carbocycles. The number of nitrogens with zero attached hydrogens (tertiary/aromatic N) is 3. The highest BCUT2D eigenvalue weighted by atomic mass is 32.2. The van der Waals surface area contributed by atoms with Crippen LogP contribution in [0.4, 0.5) is 10.1 Å². The average Bonchev–Trinajstić information content (AvgIpc) is 3.03. The van der Waals surface area contributed by atoms with Crippen LogP contribution in [-0.4, -0.2) is 43.5 Å². The Balaban J connectivity index is 1.54. The van der Waals surface area contributed by atoms with Crippen LogP contribution in [0.15, 0.2) is 52.2 Å². The Morgan fingerprint density at radius 2 is 1.72 bits per heavy atom. The molecule has 1 saturated heterocycles. The minimum absolute atomic E-state index is 0.0655. The maximum Gasteiger partial charge on any atom is 0.308 e. The third-order valence-electron chi connectivity index (χ3n) is 5.16. The van der Waals surface area contributed by atoms with Crippen molar-refractivity contribution < 1.29 is 12.8 Å². The third kappa shape index (κ3) is 3.82.